The summed E-state index contributed by atoms with van der Waals surface area (Å²) in [6.07, 6.45) is 0. The Labute approximate surface area is 118 Å². The van der Waals surface area contributed by atoms with Gasteiger partial charge in [0, 0.05) is 22.5 Å². The lowest BCUT2D eigenvalue weighted by molar-refractivity contribution is 0.471. The maximum absolute atomic E-state index is 9.65. The molecule has 3 nitrogen and oxygen atoms in total. The van der Waals surface area contributed by atoms with Crippen LogP contribution in [0.4, 0.5) is 5.69 Å². The minimum atomic E-state index is 0.102. The standard InChI is InChI=1S/C15H20N2OS/c1-10-5-6-11(7-13(10)18)16-8-12-9-19-14(17-12)15(2,3)4/h5-7,9,16,18H,8H2,1-4H3. The largest absolute Gasteiger partial charge is 0.508 e. The van der Waals surface area contributed by atoms with E-state index in [1.807, 2.05) is 19.1 Å². The Morgan fingerprint density at radius 2 is 2.05 bits per heavy atom. The topological polar surface area (TPSA) is 45.2 Å². The number of phenols is 1. The Hall–Kier alpha value is -1.55. The van der Waals surface area contributed by atoms with Gasteiger partial charge in [-0.15, -0.1) is 11.3 Å². The SMILES string of the molecule is Cc1ccc(NCc2csc(C(C)(C)C)n2)cc1O. The van der Waals surface area contributed by atoms with E-state index in [2.05, 4.69) is 36.5 Å². The fourth-order valence-electron chi connectivity index (χ4n) is 1.64. The summed E-state index contributed by atoms with van der Waals surface area (Å²) in [5.74, 6) is 0.318. The van der Waals surface area contributed by atoms with E-state index >= 15 is 0 Å². The highest BCUT2D eigenvalue weighted by Crippen LogP contribution is 2.26. The molecular formula is C15H20N2OS. The van der Waals surface area contributed by atoms with Crippen LogP contribution in [0.2, 0.25) is 0 Å². The number of aryl methyl sites for hydroxylation is 1. The van der Waals surface area contributed by atoms with Crippen LogP contribution in [-0.4, -0.2) is 10.1 Å². The van der Waals surface area contributed by atoms with Gasteiger partial charge in [0.15, 0.2) is 0 Å². The molecule has 102 valence electrons. The summed E-state index contributed by atoms with van der Waals surface area (Å²) < 4.78 is 0. The number of phenolic OH excluding ortho intramolecular Hbond substituents is 1. The van der Waals surface area contributed by atoms with Gasteiger partial charge in [0.05, 0.1) is 17.2 Å². The molecule has 1 heterocycles. The van der Waals surface area contributed by atoms with Gasteiger partial charge in [-0.2, -0.15) is 0 Å². The van der Waals surface area contributed by atoms with Gasteiger partial charge in [-0.1, -0.05) is 26.8 Å². The first-order valence-electron chi connectivity index (χ1n) is 6.34. The van der Waals surface area contributed by atoms with Crippen molar-refractivity contribution in [1.29, 1.82) is 0 Å². The number of thiazole rings is 1. The zero-order valence-electron chi connectivity index (χ0n) is 11.8. The summed E-state index contributed by atoms with van der Waals surface area (Å²) in [6, 6.07) is 5.61. The van der Waals surface area contributed by atoms with Gasteiger partial charge < -0.3 is 10.4 Å². The van der Waals surface area contributed by atoms with Crippen molar-refractivity contribution in [3.63, 3.8) is 0 Å². The lowest BCUT2D eigenvalue weighted by Crippen LogP contribution is -2.11. The highest BCUT2D eigenvalue weighted by molar-refractivity contribution is 7.09. The first-order valence-corrected chi connectivity index (χ1v) is 7.22. The van der Waals surface area contributed by atoms with Crippen LogP contribution in [0.25, 0.3) is 0 Å². The minimum absolute atomic E-state index is 0.102. The maximum atomic E-state index is 9.65. The van der Waals surface area contributed by atoms with Gasteiger partial charge in [0.2, 0.25) is 0 Å². The van der Waals surface area contributed by atoms with Gasteiger partial charge in [-0.25, -0.2) is 4.98 Å². The number of aromatic hydroxyl groups is 1. The average Bonchev–Trinajstić information content (AvgIpc) is 2.79. The predicted octanol–water partition coefficient (Wildman–Crippen LogP) is 4.07. The Morgan fingerprint density at radius 3 is 2.63 bits per heavy atom. The van der Waals surface area contributed by atoms with Crippen molar-refractivity contribution >= 4 is 17.0 Å². The third-order valence-corrected chi connectivity index (χ3v) is 4.19. The highest BCUT2D eigenvalue weighted by Gasteiger charge is 2.17. The lowest BCUT2D eigenvalue weighted by Gasteiger charge is -2.13. The average molecular weight is 276 g/mol. The number of nitrogens with one attached hydrogen (secondary N) is 1. The van der Waals surface area contributed by atoms with Crippen LogP contribution in [0, 0.1) is 6.92 Å². The molecule has 0 spiro atoms. The van der Waals surface area contributed by atoms with E-state index in [0.29, 0.717) is 12.3 Å². The second kappa shape index (κ2) is 5.21. The molecule has 0 unspecified atom stereocenters. The summed E-state index contributed by atoms with van der Waals surface area (Å²) in [6.45, 7) is 9.06. The fraction of sp³-hybridized carbons (Fsp3) is 0.400. The Balaban J connectivity index is 2.02. The van der Waals surface area contributed by atoms with Crippen molar-refractivity contribution in [2.75, 3.05) is 5.32 Å². The lowest BCUT2D eigenvalue weighted by atomic mass is 9.98. The van der Waals surface area contributed by atoms with Crippen LogP contribution < -0.4 is 5.32 Å². The molecule has 19 heavy (non-hydrogen) atoms. The van der Waals surface area contributed by atoms with E-state index in [-0.39, 0.29) is 5.41 Å². The van der Waals surface area contributed by atoms with Crippen molar-refractivity contribution in [2.45, 2.75) is 39.7 Å². The molecule has 0 atom stereocenters. The zero-order chi connectivity index (χ0) is 14.0. The number of hydrogen-bond donors (Lipinski definition) is 2. The summed E-state index contributed by atoms with van der Waals surface area (Å²) in [5, 5.41) is 16.2. The van der Waals surface area contributed by atoms with Crippen molar-refractivity contribution in [1.82, 2.24) is 4.98 Å². The van der Waals surface area contributed by atoms with Crippen LogP contribution in [0.5, 0.6) is 5.75 Å². The molecule has 0 aliphatic rings. The van der Waals surface area contributed by atoms with Crippen LogP contribution in [-0.2, 0) is 12.0 Å². The molecule has 1 aromatic heterocycles. The van der Waals surface area contributed by atoms with E-state index in [9.17, 15) is 5.11 Å². The first kappa shape index (κ1) is 13.9. The van der Waals surface area contributed by atoms with E-state index in [0.717, 1.165) is 22.0 Å². The molecule has 2 rings (SSSR count). The third-order valence-electron chi connectivity index (χ3n) is 2.88. The third kappa shape index (κ3) is 3.47. The number of nitrogens with zero attached hydrogens (tertiary/aromatic N) is 1. The second-order valence-electron chi connectivity index (χ2n) is 5.75. The normalized spacial score (nSPS) is 11.6. The molecule has 0 radical (unpaired) electrons. The number of hydrogen-bond acceptors (Lipinski definition) is 4. The Morgan fingerprint density at radius 1 is 1.32 bits per heavy atom. The smallest absolute Gasteiger partial charge is 0.120 e. The molecular weight excluding hydrogens is 256 g/mol. The van der Waals surface area contributed by atoms with Crippen molar-refractivity contribution in [3.05, 3.63) is 39.8 Å². The van der Waals surface area contributed by atoms with Gasteiger partial charge in [0.1, 0.15) is 5.75 Å². The summed E-state index contributed by atoms with van der Waals surface area (Å²) in [5.41, 5.74) is 2.93. The van der Waals surface area contributed by atoms with Gasteiger partial charge in [-0.05, 0) is 18.6 Å². The van der Waals surface area contributed by atoms with Crippen LogP contribution in [0.1, 0.15) is 37.0 Å². The molecule has 1 aromatic carbocycles. The van der Waals surface area contributed by atoms with Crippen molar-refractivity contribution in [2.24, 2.45) is 0 Å². The van der Waals surface area contributed by atoms with Crippen LogP contribution in [0.15, 0.2) is 23.6 Å². The molecule has 0 fully saturated rings. The number of benzene rings is 1. The Kier molecular flexibility index (Phi) is 3.80. The molecule has 4 heteroatoms. The molecule has 0 saturated carbocycles. The molecule has 0 aliphatic heterocycles. The van der Waals surface area contributed by atoms with Gasteiger partial charge in [-0.3, -0.25) is 0 Å². The van der Waals surface area contributed by atoms with Gasteiger partial charge in [0.25, 0.3) is 0 Å². The fourth-order valence-corrected chi connectivity index (χ4v) is 2.55. The number of aromatic nitrogens is 1. The number of anilines is 1. The van der Waals surface area contributed by atoms with Crippen molar-refractivity contribution < 1.29 is 5.11 Å². The van der Waals surface area contributed by atoms with E-state index < -0.39 is 0 Å². The van der Waals surface area contributed by atoms with E-state index in [1.165, 1.54) is 0 Å². The monoisotopic (exact) mass is 276 g/mol. The summed E-state index contributed by atoms with van der Waals surface area (Å²) in [7, 11) is 0. The van der Waals surface area contributed by atoms with Gasteiger partial charge >= 0.3 is 0 Å². The van der Waals surface area contributed by atoms with Crippen molar-refractivity contribution in [3.8, 4) is 5.75 Å². The van der Waals surface area contributed by atoms with Crippen LogP contribution in [0.3, 0.4) is 0 Å². The van der Waals surface area contributed by atoms with E-state index in [4.69, 9.17) is 0 Å². The summed E-state index contributed by atoms with van der Waals surface area (Å²) in [4.78, 5) is 4.63. The molecule has 2 aromatic rings. The maximum Gasteiger partial charge on any atom is 0.120 e. The second-order valence-corrected chi connectivity index (χ2v) is 6.61. The summed E-state index contributed by atoms with van der Waals surface area (Å²) >= 11 is 1.70. The molecule has 0 saturated heterocycles. The molecule has 0 amide bonds. The molecule has 0 aliphatic carbocycles. The first-order chi connectivity index (χ1) is 8.86. The number of rotatable bonds is 3. The Bertz CT molecular complexity index is 570. The molecule has 2 N–H and O–H groups in total. The predicted molar refractivity (Wildman–Crippen MR) is 81.0 cm³/mol. The minimum Gasteiger partial charge on any atom is -0.508 e. The van der Waals surface area contributed by atoms with E-state index in [1.54, 1.807) is 17.4 Å². The highest BCUT2D eigenvalue weighted by atomic mass is 32.1. The van der Waals surface area contributed by atoms with Crippen LogP contribution >= 0.6 is 11.3 Å². The zero-order valence-corrected chi connectivity index (χ0v) is 12.6. The molecule has 0 bridgehead atoms. The quantitative estimate of drug-likeness (QED) is 0.888.